The molecule has 0 spiro atoms. The van der Waals surface area contributed by atoms with E-state index in [1.54, 1.807) is 71.8 Å². The lowest BCUT2D eigenvalue weighted by Crippen LogP contribution is -2.05. The van der Waals surface area contributed by atoms with E-state index < -0.39 is 9.84 Å². The first kappa shape index (κ1) is 15.0. The van der Waals surface area contributed by atoms with E-state index in [1.165, 1.54) is 0 Å². The highest BCUT2D eigenvalue weighted by Crippen LogP contribution is 2.35. The Labute approximate surface area is 143 Å². The number of rotatable bonds is 3. The van der Waals surface area contributed by atoms with E-state index in [1.807, 2.05) is 0 Å². The van der Waals surface area contributed by atoms with Gasteiger partial charge in [-0.2, -0.15) is 0 Å². The van der Waals surface area contributed by atoms with Crippen molar-refractivity contribution in [2.45, 2.75) is 9.79 Å². The van der Waals surface area contributed by atoms with Crippen LogP contribution in [0.5, 0.6) is 0 Å². The van der Waals surface area contributed by atoms with E-state index in [4.69, 9.17) is 11.6 Å². The molecule has 4 rings (SSSR count). The number of nitrogens with zero attached hydrogens (tertiary/aromatic N) is 2. The summed E-state index contributed by atoms with van der Waals surface area (Å²) in [7, 11) is -3.73. The Morgan fingerprint density at radius 1 is 1.08 bits per heavy atom. The van der Waals surface area contributed by atoms with E-state index >= 15 is 0 Å². The fourth-order valence-corrected chi connectivity index (χ4v) is 4.48. The Morgan fingerprint density at radius 2 is 1.88 bits per heavy atom. The monoisotopic (exact) mass is 357 g/mol. The number of H-pyrrole nitrogens is 1. The Morgan fingerprint density at radius 3 is 2.58 bits per heavy atom. The molecule has 0 saturated carbocycles. The molecule has 0 saturated heterocycles. The minimum atomic E-state index is -3.73. The lowest BCUT2D eigenvalue weighted by atomic mass is 10.2. The zero-order valence-electron chi connectivity index (χ0n) is 12.3. The quantitative estimate of drug-likeness (QED) is 0.605. The minimum absolute atomic E-state index is 0.184. The maximum Gasteiger partial charge on any atom is 0.210 e. The van der Waals surface area contributed by atoms with Crippen LogP contribution in [0.3, 0.4) is 0 Å². The maximum absolute atomic E-state index is 13.2. The number of aromatic nitrogens is 3. The first-order valence-corrected chi connectivity index (χ1v) is 9.03. The zero-order valence-corrected chi connectivity index (χ0v) is 13.9. The molecule has 5 nitrogen and oxygen atoms in total. The van der Waals surface area contributed by atoms with Gasteiger partial charge in [0, 0.05) is 28.3 Å². The van der Waals surface area contributed by atoms with E-state index in [0.29, 0.717) is 21.7 Å². The van der Waals surface area contributed by atoms with Gasteiger partial charge in [-0.05, 0) is 30.3 Å². The molecule has 7 heteroatoms. The normalized spacial score (nSPS) is 11.9. The molecule has 0 atom stereocenters. The molecular formula is C17H12ClN3O2S. The van der Waals surface area contributed by atoms with Crippen LogP contribution < -0.4 is 0 Å². The summed E-state index contributed by atoms with van der Waals surface area (Å²) in [6, 6.07) is 13.5. The van der Waals surface area contributed by atoms with Gasteiger partial charge in [0.25, 0.3) is 0 Å². The number of hydrogen-bond donors (Lipinski definition) is 1. The van der Waals surface area contributed by atoms with Gasteiger partial charge in [0.2, 0.25) is 9.84 Å². The second-order valence-corrected chi connectivity index (χ2v) is 7.60. The van der Waals surface area contributed by atoms with Gasteiger partial charge in [-0.1, -0.05) is 29.8 Å². The van der Waals surface area contributed by atoms with Crippen molar-refractivity contribution in [2.75, 3.05) is 0 Å². The van der Waals surface area contributed by atoms with Gasteiger partial charge < -0.3 is 4.98 Å². The van der Waals surface area contributed by atoms with Gasteiger partial charge in [0.05, 0.1) is 4.90 Å². The van der Waals surface area contributed by atoms with Gasteiger partial charge in [0.15, 0.2) is 0 Å². The van der Waals surface area contributed by atoms with Crippen molar-refractivity contribution in [1.29, 1.82) is 0 Å². The van der Waals surface area contributed by atoms with Gasteiger partial charge in [-0.3, -0.25) is 4.57 Å². The average molecular weight is 358 g/mol. The van der Waals surface area contributed by atoms with Crippen molar-refractivity contribution in [3.63, 3.8) is 0 Å². The van der Waals surface area contributed by atoms with Crippen molar-refractivity contribution >= 4 is 32.3 Å². The summed E-state index contributed by atoms with van der Waals surface area (Å²) in [6.07, 6.45) is 4.84. The fourth-order valence-electron chi connectivity index (χ4n) is 2.69. The number of hydrogen-bond acceptors (Lipinski definition) is 3. The Kier molecular flexibility index (Phi) is 3.44. The van der Waals surface area contributed by atoms with Crippen molar-refractivity contribution in [3.8, 4) is 5.82 Å². The van der Waals surface area contributed by atoms with Crippen LogP contribution in [0.15, 0.2) is 77.0 Å². The third kappa shape index (κ3) is 2.31. The number of sulfone groups is 1. The van der Waals surface area contributed by atoms with Crippen LogP contribution in [0, 0.1) is 0 Å². The van der Waals surface area contributed by atoms with Gasteiger partial charge >= 0.3 is 0 Å². The van der Waals surface area contributed by atoms with Crippen molar-refractivity contribution in [3.05, 3.63) is 72.3 Å². The first-order valence-electron chi connectivity index (χ1n) is 7.17. The number of fused-ring (bicyclic) bond motifs is 1. The highest BCUT2D eigenvalue weighted by molar-refractivity contribution is 7.91. The lowest BCUT2D eigenvalue weighted by molar-refractivity contribution is 0.596. The van der Waals surface area contributed by atoms with E-state index in [-0.39, 0.29) is 9.79 Å². The molecule has 2 heterocycles. The molecule has 0 aliphatic carbocycles. The van der Waals surface area contributed by atoms with E-state index in [0.717, 1.165) is 0 Å². The highest BCUT2D eigenvalue weighted by Gasteiger charge is 2.27. The molecule has 120 valence electrons. The summed E-state index contributed by atoms with van der Waals surface area (Å²) >= 11 is 6.09. The zero-order chi connectivity index (χ0) is 16.7. The minimum Gasteiger partial charge on any atom is -0.340 e. The van der Waals surface area contributed by atoms with Crippen LogP contribution in [0.2, 0.25) is 5.02 Å². The molecule has 0 amide bonds. The Bertz CT molecular complexity index is 1120. The molecule has 0 radical (unpaired) electrons. The molecule has 2 aromatic carbocycles. The van der Waals surface area contributed by atoms with Crippen molar-refractivity contribution in [2.24, 2.45) is 0 Å². The van der Waals surface area contributed by atoms with Gasteiger partial charge in [0.1, 0.15) is 17.0 Å². The number of nitrogens with one attached hydrogen (secondary N) is 1. The standard InChI is InChI=1S/C17H12ClN3O2S/c18-12-6-7-15-14(10-12)16(17(20-15)21-9-8-19-11-21)24(22,23)13-4-2-1-3-5-13/h1-11,20H. The summed E-state index contributed by atoms with van der Waals surface area (Å²) < 4.78 is 28.1. The molecule has 24 heavy (non-hydrogen) atoms. The first-order chi connectivity index (χ1) is 11.6. The van der Waals surface area contributed by atoms with Gasteiger partial charge in [-0.25, -0.2) is 13.4 Å². The van der Waals surface area contributed by atoms with Crippen molar-refractivity contribution < 1.29 is 8.42 Å². The highest BCUT2D eigenvalue weighted by atomic mass is 35.5. The molecule has 0 bridgehead atoms. The molecule has 0 fully saturated rings. The van der Waals surface area contributed by atoms with Crippen LogP contribution >= 0.6 is 11.6 Å². The second kappa shape index (κ2) is 5.51. The van der Waals surface area contributed by atoms with Crippen LogP contribution in [0.25, 0.3) is 16.7 Å². The molecule has 1 N–H and O–H groups in total. The lowest BCUT2D eigenvalue weighted by Gasteiger charge is -2.07. The summed E-state index contributed by atoms with van der Waals surface area (Å²) in [5, 5.41) is 1.03. The predicted molar refractivity (Wildman–Crippen MR) is 92.3 cm³/mol. The number of aromatic amines is 1. The summed E-state index contributed by atoms with van der Waals surface area (Å²) in [4.78, 5) is 7.57. The second-order valence-electron chi connectivity index (χ2n) is 5.28. The number of benzene rings is 2. The third-order valence-corrected chi connectivity index (χ3v) is 5.86. The molecule has 0 unspecified atom stereocenters. The Hall–Kier alpha value is -2.57. The molecule has 4 aromatic rings. The third-order valence-electron chi connectivity index (χ3n) is 3.78. The van der Waals surface area contributed by atoms with Crippen LogP contribution in [0.1, 0.15) is 0 Å². The molecule has 2 aromatic heterocycles. The molecule has 0 aliphatic heterocycles. The molecular weight excluding hydrogens is 346 g/mol. The summed E-state index contributed by atoms with van der Waals surface area (Å²) in [5.41, 5.74) is 0.692. The number of halogens is 1. The molecule has 0 aliphatic rings. The van der Waals surface area contributed by atoms with Crippen LogP contribution in [0.4, 0.5) is 0 Å². The largest absolute Gasteiger partial charge is 0.340 e. The van der Waals surface area contributed by atoms with E-state index in [9.17, 15) is 8.42 Å². The Balaban J connectivity index is 2.10. The SMILES string of the molecule is O=S(=O)(c1ccccc1)c1c(-n2ccnc2)[nH]c2ccc(Cl)cc12. The van der Waals surface area contributed by atoms with E-state index in [2.05, 4.69) is 9.97 Å². The average Bonchev–Trinajstić information content (AvgIpc) is 3.22. The fraction of sp³-hybridized carbons (Fsp3) is 0. The predicted octanol–water partition coefficient (Wildman–Crippen LogP) is 3.84. The smallest absolute Gasteiger partial charge is 0.210 e. The maximum atomic E-state index is 13.2. The number of imidazole rings is 1. The summed E-state index contributed by atoms with van der Waals surface area (Å²) in [6.45, 7) is 0. The summed E-state index contributed by atoms with van der Waals surface area (Å²) in [5.74, 6) is 0.439. The van der Waals surface area contributed by atoms with Gasteiger partial charge in [-0.15, -0.1) is 0 Å². The topological polar surface area (TPSA) is 67.8 Å². The van der Waals surface area contributed by atoms with Crippen LogP contribution in [-0.2, 0) is 9.84 Å². The van der Waals surface area contributed by atoms with Crippen molar-refractivity contribution in [1.82, 2.24) is 14.5 Å². The van der Waals surface area contributed by atoms with Crippen LogP contribution in [-0.4, -0.2) is 23.0 Å².